The zero-order chi connectivity index (χ0) is 26.2. The number of nitrogens with zero attached hydrogens (tertiary/aromatic N) is 6. The normalized spacial score (nSPS) is 23.0. The average molecular weight is 523 g/mol. The predicted molar refractivity (Wildman–Crippen MR) is 143 cm³/mol. The van der Waals surface area contributed by atoms with Gasteiger partial charge in [0.25, 0.3) is 5.91 Å². The van der Waals surface area contributed by atoms with Crippen molar-refractivity contribution >= 4 is 23.2 Å². The Morgan fingerprint density at radius 3 is 2.84 bits per heavy atom. The fourth-order valence-corrected chi connectivity index (χ4v) is 5.71. The minimum Gasteiger partial charge on any atom is -0.491 e. The van der Waals surface area contributed by atoms with Crippen LogP contribution in [0.1, 0.15) is 47.8 Å². The highest BCUT2D eigenvalue weighted by Gasteiger charge is 2.33. The van der Waals surface area contributed by atoms with E-state index in [1.165, 1.54) is 12.1 Å². The number of amides is 1. The van der Waals surface area contributed by atoms with Crippen LogP contribution in [0.4, 0.5) is 16.0 Å². The van der Waals surface area contributed by atoms with Crippen molar-refractivity contribution in [3.05, 3.63) is 47.4 Å². The van der Waals surface area contributed by atoms with E-state index in [9.17, 15) is 9.18 Å². The maximum atomic E-state index is 14.3. The number of likely N-dealkylation sites (N-methyl/N-ethyl adjacent to an activating group) is 1. The van der Waals surface area contributed by atoms with Crippen LogP contribution in [-0.4, -0.2) is 84.4 Å². The molecule has 38 heavy (non-hydrogen) atoms. The Hall–Kier alpha value is -3.44. The van der Waals surface area contributed by atoms with Crippen molar-refractivity contribution in [1.82, 2.24) is 24.8 Å². The molecule has 3 aromatic rings. The van der Waals surface area contributed by atoms with Crippen LogP contribution in [-0.2, 0) is 0 Å². The Morgan fingerprint density at radius 1 is 1.11 bits per heavy atom. The molecule has 0 spiro atoms. The average Bonchev–Trinajstić information content (AvgIpc) is 3.56. The minimum absolute atomic E-state index is 0.144. The molecular weight excluding hydrogens is 487 g/mol. The van der Waals surface area contributed by atoms with Gasteiger partial charge in [0, 0.05) is 64.5 Å². The van der Waals surface area contributed by atoms with Crippen LogP contribution >= 0.6 is 0 Å². The van der Waals surface area contributed by atoms with Crippen LogP contribution < -0.4 is 25.6 Å². The molecule has 3 aliphatic rings. The molecule has 2 atom stereocenters. The number of rotatable bonds is 1. The van der Waals surface area contributed by atoms with Gasteiger partial charge in [0.1, 0.15) is 29.8 Å². The highest BCUT2D eigenvalue weighted by Crippen LogP contribution is 2.35. The molecule has 3 N–H and O–H groups in total. The van der Waals surface area contributed by atoms with Gasteiger partial charge in [-0.25, -0.2) is 9.37 Å². The molecule has 2 bridgehead atoms. The number of nitrogens with one attached hydrogen (secondary N) is 1. The van der Waals surface area contributed by atoms with Gasteiger partial charge < -0.3 is 30.5 Å². The first-order chi connectivity index (χ1) is 18.5. The summed E-state index contributed by atoms with van der Waals surface area (Å²) in [5.74, 6) is 1.53. The van der Waals surface area contributed by atoms with E-state index in [1.807, 2.05) is 15.5 Å². The lowest BCUT2D eigenvalue weighted by molar-refractivity contribution is 0.0601. The molecule has 11 heteroatoms. The Bertz CT molecular complexity index is 1330. The standard InChI is InChI=1S/C27H35FN8O2/c1-33-12-8-30-9-13-38-23-6-5-18(28)14-20(23)27(37)35-10-3-2-4-22(35)21-15-25-31-24(16-26(33)36(25)32-21)34-11-7-19(29)17-34/h5-6,14-16,19,22,30H,2-4,7-13,17,29H2,1H3. The van der Waals surface area contributed by atoms with E-state index in [4.69, 9.17) is 20.6 Å². The Balaban J connectivity index is 1.45. The number of piperidine rings is 1. The Kier molecular flexibility index (Phi) is 6.79. The van der Waals surface area contributed by atoms with E-state index >= 15 is 0 Å². The number of carbonyl (C=O) groups excluding carboxylic acids is 1. The molecule has 0 saturated carbocycles. The molecule has 2 fully saturated rings. The van der Waals surface area contributed by atoms with Crippen molar-refractivity contribution in [1.29, 1.82) is 0 Å². The Morgan fingerprint density at radius 2 is 2.00 bits per heavy atom. The van der Waals surface area contributed by atoms with Crippen LogP contribution in [0.5, 0.6) is 5.75 Å². The topological polar surface area (TPSA) is 104 Å². The third-order valence-corrected chi connectivity index (χ3v) is 7.79. The number of nitrogens with two attached hydrogens (primary N) is 1. The number of ether oxygens (including phenoxy) is 1. The van der Waals surface area contributed by atoms with Gasteiger partial charge in [-0.1, -0.05) is 0 Å². The zero-order valence-corrected chi connectivity index (χ0v) is 21.8. The van der Waals surface area contributed by atoms with Crippen LogP contribution in [0.3, 0.4) is 0 Å². The van der Waals surface area contributed by atoms with Crippen LogP contribution in [0.15, 0.2) is 30.3 Å². The Labute approximate surface area is 221 Å². The summed E-state index contributed by atoms with van der Waals surface area (Å²) < 4.78 is 22.1. The molecule has 3 aliphatic heterocycles. The number of halogens is 1. The number of aromatic nitrogens is 3. The molecule has 1 amide bonds. The van der Waals surface area contributed by atoms with E-state index in [0.717, 1.165) is 74.8 Å². The van der Waals surface area contributed by atoms with Gasteiger partial charge in [0.05, 0.1) is 17.3 Å². The van der Waals surface area contributed by atoms with Crippen molar-refractivity contribution in [2.45, 2.75) is 37.8 Å². The van der Waals surface area contributed by atoms with E-state index in [2.05, 4.69) is 28.2 Å². The highest BCUT2D eigenvalue weighted by molar-refractivity contribution is 5.97. The van der Waals surface area contributed by atoms with Crippen LogP contribution in [0, 0.1) is 5.82 Å². The van der Waals surface area contributed by atoms with Crippen molar-refractivity contribution in [2.75, 3.05) is 62.7 Å². The summed E-state index contributed by atoms with van der Waals surface area (Å²) in [6, 6.07) is 8.15. The van der Waals surface area contributed by atoms with Gasteiger partial charge in [-0.05, 0) is 43.9 Å². The number of anilines is 2. The summed E-state index contributed by atoms with van der Waals surface area (Å²) in [4.78, 5) is 25.0. The molecule has 2 aromatic heterocycles. The number of hydrogen-bond acceptors (Lipinski definition) is 8. The van der Waals surface area contributed by atoms with E-state index in [-0.39, 0.29) is 23.6 Å². The van der Waals surface area contributed by atoms with Gasteiger partial charge in [0.2, 0.25) is 0 Å². The number of hydrogen-bond donors (Lipinski definition) is 2. The number of carbonyl (C=O) groups is 1. The fourth-order valence-electron chi connectivity index (χ4n) is 5.71. The molecule has 6 rings (SSSR count). The maximum absolute atomic E-state index is 14.3. The largest absolute Gasteiger partial charge is 0.491 e. The summed E-state index contributed by atoms with van der Waals surface area (Å²) >= 11 is 0. The second-order valence-electron chi connectivity index (χ2n) is 10.5. The first kappa shape index (κ1) is 24.9. The lowest BCUT2D eigenvalue weighted by atomic mass is 9.98. The smallest absolute Gasteiger partial charge is 0.258 e. The molecule has 0 aliphatic carbocycles. The third-order valence-electron chi connectivity index (χ3n) is 7.79. The highest BCUT2D eigenvalue weighted by atomic mass is 19.1. The van der Waals surface area contributed by atoms with Crippen molar-refractivity contribution < 1.29 is 13.9 Å². The van der Waals surface area contributed by atoms with Crippen LogP contribution in [0.25, 0.3) is 5.65 Å². The van der Waals surface area contributed by atoms with Gasteiger partial charge in [-0.15, -0.1) is 0 Å². The zero-order valence-electron chi connectivity index (χ0n) is 21.8. The van der Waals surface area contributed by atoms with E-state index < -0.39 is 5.82 Å². The number of fused-ring (bicyclic) bond motifs is 4. The van der Waals surface area contributed by atoms with Crippen LogP contribution in [0.2, 0.25) is 0 Å². The second kappa shape index (κ2) is 10.4. The third kappa shape index (κ3) is 4.76. The second-order valence-corrected chi connectivity index (χ2v) is 10.5. The predicted octanol–water partition coefficient (Wildman–Crippen LogP) is 2.19. The first-order valence-corrected chi connectivity index (χ1v) is 13.5. The van der Waals surface area contributed by atoms with Crippen molar-refractivity contribution in [2.24, 2.45) is 5.73 Å². The van der Waals surface area contributed by atoms with Gasteiger partial charge in [0.15, 0.2) is 5.65 Å². The maximum Gasteiger partial charge on any atom is 0.258 e. The summed E-state index contributed by atoms with van der Waals surface area (Å²) in [7, 11) is 2.05. The summed E-state index contributed by atoms with van der Waals surface area (Å²) in [5, 5.41) is 8.39. The molecule has 5 heterocycles. The fraction of sp³-hybridized carbons (Fsp3) is 0.519. The van der Waals surface area contributed by atoms with Crippen molar-refractivity contribution in [3.8, 4) is 5.75 Å². The molecule has 2 saturated heterocycles. The summed E-state index contributed by atoms with van der Waals surface area (Å²) in [6.07, 6.45) is 3.59. The van der Waals surface area contributed by atoms with Gasteiger partial charge in [-0.2, -0.15) is 9.61 Å². The monoisotopic (exact) mass is 522 g/mol. The SMILES string of the molecule is CN1CCNCCOc2ccc(F)cc2C(=O)N2CCCCC2c2cc3nc(N4CCC(N)C4)cc1n3n2. The quantitative estimate of drug-likeness (QED) is 0.501. The molecule has 1 aromatic carbocycles. The van der Waals surface area contributed by atoms with Crippen molar-refractivity contribution in [3.63, 3.8) is 0 Å². The summed E-state index contributed by atoms with van der Waals surface area (Å²) in [5.41, 5.74) is 7.98. The van der Waals surface area contributed by atoms with Gasteiger partial charge >= 0.3 is 0 Å². The molecule has 0 radical (unpaired) electrons. The lowest BCUT2D eigenvalue weighted by Gasteiger charge is -2.35. The van der Waals surface area contributed by atoms with E-state index in [0.29, 0.717) is 25.4 Å². The molecule has 10 nitrogen and oxygen atoms in total. The number of benzene rings is 1. The minimum atomic E-state index is -0.458. The molecule has 202 valence electrons. The molecule has 2 unspecified atom stereocenters. The van der Waals surface area contributed by atoms with E-state index in [1.54, 1.807) is 6.07 Å². The first-order valence-electron chi connectivity index (χ1n) is 13.5. The van der Waals surface area contributed by atoms with Gasteiger partial charge in [-0.3, -0.25) is 4.79 Å². The molecular formula is C27H35FN8O2. The summed E-state index contributed by atoms with van der Waals surface area (Å²) in [6.45, 7) is 4.67. The lowest BCUT2D eigenvalue weighted by Crippen LogP contribution is -2.39.